The lowest BCUT2D eigenvalue weighted by molar-refractivity contribution is -0.145. The molecule has 0 aliphatic carbocycles. The Kier molecular flexibility index (Phi) is 19.9. The fourth-order valence-electron chi connectivity index (χ4n) is 4.28. The summed E-state index contributed by atoms with van der Waals surface area (Å²) in [7, 11) is 2.45. The molecule has 0 fully saturated rings. The van der Waals surface area contributed by atoms with Crippen molar-refractivity contribution >= 4 is 58.9 Å². The van der Waals surface area contributed by atoms with Gasteiger partial charge in [0, 0.05) is 42.5 Å². The van der Waals surface area contributed by atoms with Crippen LogP contribution in [0.5, 0.6) is 0 Å². The number of amides is 3. The first-order valence-corrected chi connectivity index (χ1v) is 17.7. The Labute approximate surface area is 338 Å². The summed E-state index contributed by atoms with van der Waals surface area (Å²) in [6.07, 6.45) is 4.66. The molecule has 3 amide bonds. The first-order chi connectivity index (χ1) is 26.8. The molecule has 0 radical (unpaired) electrons. The van der Waals surface area contributed by atoms with Gasteiger partial charge in [-0.3, -0.25) is 28.8 Å². The van der Waals surface area contributed by atoms with E-state index in [1.165, 1.54) is 28.1 Å². The van der Waals surface area contributed by atoms with Gasteiger partial charge in [0.1, 0.15) is 18.6 Å². The van der Waals surface area contributed by atoms with E-state index in [1.807, 2.05) is 12.1 Å². The molecule has 0 heterocycles. The predicted molar refractivity (Wildman–Crippen MR) is 216 cm³/mol. The molecular formula is C42H40IN3O10. The molecule has 290 valence electrons. The summed E-state index contributed by atoms with van der Waals surface area (Å²) in [6, 6.07) is 24.8. The monoisotopic (exact) mass is 873 g/mol. The maximum atomic E-state index is 12.3. The lowest BCUT2D eigenvalue weighted by Gasteiger charge is -2.20. The summed E-state index contributed by atoms with van der Waals surface area (Å²) in [5, 5.41) is 24.0. The van der Waals surface area contributed by atoms with E-state index in [0.717, 1.165) is 27.3 Å². The number of esters is 1. The molecule has 13 nitrogen and oxygen atoms in total. The Bertz CT molecular complexity index is 2030. The highest BCUT2D eigenvalue weighted by Crippen LogP contribution is 2.08. The number of hydrogen-bond donors (Lipinski definition) is 5. The number of aliphatic hydroxyl groups is 2. The van der Waals surface area contributed by atoms with E-state index in [2.05, 4.69) is 66.0 Å². The number of ether oxygens (including phenoxy) is 1. The summed E-state index contributed by atoms with van der Waals surface area (Å²) in [4.78, 5) is 72.7. The van der Waals surface area contributed by atoms with Gasteiger partial charge in [-0.15, -0.1) is 6.42 Å². The minimum Gasteiger partial charge on any atom is -0.467 e. The number of halogens is 1. The van der Waals surface area contributed by atoms with Crippen molar-refractivity contribution in [1.29, 1.82) is 0 Å². The first-order valence-electron chi connectivity index (χ1n) is 16.6. The third kappa shape index (κ3) is 15.7. The molecule has 4 rings (SSSR count). The number of rotatable bonds is 11. The number of carbonyl (C=O) groups is 6. The average molecular weight is 874 g/mol. The van der Waals surface area contributed by atoms with Crippen LogP contribution in [0.1, 0.15) is 72.0 Å². The maximum absolute atomic E-state index is 12.3. The van der Waals surface area contributed by atoms with E-state index in [1.54, 1.807) is 84.9 Å². The molecule has 56 heavy (non-hydrogen) atoms. The average Bonchev–Trinajstić information content (AvgIpc) is 3.21. The Morgan fingerprint density at radius 2 is 1.05 bits per heavy atom. The lowest BCUT2D eigenvalue weighted by Crippen LogP contribution is -2.52. The van der Waals surface area contributed by atoms with Crippen LogP contribution in [0.3, 0.4) is 0 Å². The predicted octanol–water partition coefficient (Wildman–Crippen LogP) is 3.48. The van der Waals surface area contributed by atoms with E-state index in [9.17, 15) is 39.0 Å². The highest BCUT2D eigenvalue weighted by Gasteiger charge is 2.27. The van der Waals surface area contributed by atoms with Crippen molar-refractivity contribution in [2.75, 3.05) is 14.2 Å². The number of hydrogen-bond acceptors (Lipinski definition) is 10. The molecule has 14 heteroatoms. The molecule has 0 aliphatic rings. The number of aliphatic hydroxyl groups excluding tert-OH is 2. The fraction of sp³-hybridized carbons (Fsp3) is 0.190. The Hall–Kier alpha value is -6.17. The molecule has 4 atom stereocenters. The van der Waals surface area contributed by atoms with Crippen LogP contribution < -0.4 is 16.1 Å². The van der Waals surface area contributed by atoms with Gasteiger partial charge < -0.3 is 25.6 Å². The van der Waals surface area contributed by atoms with Crippen LogP contribution in [-0.4, -0.2) is 85.0 Å². The van der Waals surface area contributed by atoms with E-state index >= 15 is 0 Å². The van der Waals surface area contributed by atoms with E-state index in [-0.39, 0.29) is 0 Å². The molecular weight excluding hydrogens is 833 g/mol. The van der Waals surface area contributed by atoms with Gasteiger partial charge in [0.2, 0.25) is 0 Å². The van der Waals surface area contributed by atoms with Crippen LogP contribution in [0.15, 0.2) is 97.1 Å². The molecule has 4 aromatic rings. The third-order valence-electron chi connectivity index (χ3n) is 7.34. The fourth-order valence-corrected chi connectivity index (χ4v) is 4.63. The summed E-state index contributed by atoms with van der Waals surface area (Å²) in [5.74, 6) is 6.01. The third-order valence-corrected chi connectivity index (χ3v) is 8.06. The van der Waals surface area contributed by atoms with Gasteiger partial charge >= 0.3 is 5.97 Å². The Balaban J connectivity index is 0.000000331. The highest BCUT2D eigenvalue weighted by atomic mass is 127. The van der Waals surface area contributed by atoms with Gasteiger partial charge in [-0.1, -0.05) is 42.0 Å². The molecule has 0 saturated carbocycles. The van der Waals surface area contributed by atoms with Crippen LogP contribution in [0.25, 0.3) is 0 Å². The molecule has 0 aromatic heterocycles. The first kappa shape index (κ1) is 46.0. The summed E-state index contributed by atoms with van der Waals surface area (Å²) >= 11 is 2.20. The second-order valence-electron chi connectivity index (χ2n) is 11.5. The van der Waals surface area contributed by atoms with Gasteiger partial charge in [-0.2, -0.15) is 0 Å². The van der Waals surface area contributed by atoms with Gasteiger partial charge in [0.05, 0.1) is 26.4 Å². The minimum atomic E-state index is -1.15. The molecule has 4 aromatic carbocycles. The number of benzene rings is 4. The molecule has 0 aliphatic heterocycles. The highest BCUT2D eigenvalue weighted by molar-refractivity contribution is 14.1. The zero-order valence-electron chi connectivity index (χ0n) is 30.8. The number of terminal acetylenes is 1. The number of methoxy groups -OCH3 is 1. The molecule has 5 N–H and O–H groups in total. The SMILES string of the molecule is C#Cc1ccc(C(=O)N[C@H](C(=O)OC)[C@@H](C)O)cc1.CONC(=O)[C@@H](NC(=O)c1ccc(C#Cc2ccc(C=O)cc2)cc1)[C@@H](C)O.O=Cc1ccc(I)cc1. The van der Waals surface area contributed by atoms with Crippen molar-refractivity contribution < 1.29 is 48.6 Å². The summed E-state index contributed by atoms with van der Waals surface area (Å²) in [6.45, 7) is 2.78. The quantitative estimate of drug-likeness (QED) is 0.0490. The van der Waals surface area contributed by atoms with Crippen LogP contribution in [0.2, 0.25) is 0 Å². The largest absolute Gasteiger partial charge is 0.467 e. The van der Waals surface area contributed by atoms with E-state index in [4.69, 9.17) is 6.42 Å². The molecule has 0 unspecified atom stereocenters. The summed E-state index contributed by atoms with van der Waals surface area (Å²) in [5.41, 5.74) is 6.15. The van der Waals surface area contributed by atoms with Crippen molar-refractivity contribution in [3.05, 3.63) is 140 Å². The number of nitrogens with one attached hydrogen (secondary N) is 3. The number of aldehydes is 2. The zero-order valence-corrected chi connectivity index (χ0v) is 33.0. The minimum absolute atomic E-state index is 0.316. The van der Waals surface area contributed by atoms with Crippen molar-refractivity contribution in [3.63, 3.8) is 0 Å². The van der Waals surface area contributed by atoms with Crippen LogP contribution in [0, 0.1) is 27.8 Å². The van der Waals surface area contributed by atoms with Crippen molar-refractivity contribution in [2.24, 2.45) is 0 Å². The number of hydroxylamine groups is 1. The second-order valence-corrected chi connectivity index (χ2v) is 12.8. The molecule has 0 saturated heterocycles. The normalized spacial score (nSPS) is 11.9. The van der Waals surface area contributed by atoms with Gasteiger partial charge in [-0.25, -0.2) is 10.3 Å². The van der Waals surface area contributed by atoms with Crippen molar-refractivity contribution in [1.82, 2.24) is 16.1 Å². The van der Waals surface area contributed by atoms with Gasteiger partial charge in [0.15, 0.2) is 6.04 Å². The van der Waals surface area contributed by atoms with Crippen LogP contribution in [-0.2, 0) is 19.2 Å². The second kappa shape index (κ2) is 24.3. The number of carbonyl (C=O) groups excluding carboxylic acids is 6. The lowest BCUT2D eigenvalue weighted by atomic mass is 10.1. The topological polar surface area (TPSA) is 197 Å². The smallest absolute Gasteiger partial charge is 0.331 e. The van der Waals surface area contributed by atoms with E-state index in [0.29, 0.717) is 27.8 Å². The Morgan fingerprint density at radius 3 is 1.43 bits per heavy atom. The standard InChI is InChI=1S/C21H20N2O5.C14H15NO4.C7H5IO/c1-14(25)19(21(27)23-28-2)22-20(26)18-11-9-16(10-12-18)4-3-15-5-7-17(13-24)8-6-15;1-4-10-5-7-11(8-6-10)13(17)15-12(9(2)16)14(18)19-3;8-7-3-1-6(5-9)2-4-7/h5-14,19,25H,1-2H3,(H,22,26)(H,23,27);1,5-9,12,16H,2-3H3,(H,15,17);1-5H/t14-,19+;9-,12+;/m11./s1. The van der Waals surface area contributed by atoms with Gasteiger partial charge in [0.25, 0.3) is 17.7 Å². The molecule has 0 bridgehead atoms. The zero-order chi connectivity index (χ0) is 41.6. The summed E-state index contributed by atoms with van der Waals surface area (Å²) < 4.78 is 5.66. The van der Waals surface area contributed by atoms with Crippen molar-refractivity contribution in [2.45, 2.75) is 38.1 Å². The van der Waals surface area contributed by atoms with E-state index < -0.39 is 48.0 Å². The molecule has 0 spiro atoms. The van der Waals surface area contributed by atoms with Crippen LogP contribution in [0.4, 0.5) is 0 Å². The maximum Gasteiger partial charge on any atom is 0.331 e. The Morgan fingerprint density at radius 1 is 0.661 bits per heavy atom. The van der Waals surface area contributed by atoms with Crippen LogP contribution >= 0.6 is 22.6 Å². The van der Waals surface area contributed by atoms with Crippen molar-refractivity contribution in [3.8, 4) is 24.2 Å². The van der Waals surface area contributed by atoms with Gasteiger partial charge in [-0.05, 0) is 109 Å².